The zero-order valence-corrected chi connectivity index (χ0v) is 31.5. The van der Waals surface area contributed by atoms with E-state index in [1.165, 1.54) is 9.80 Å². The van der Waals surface area contributed by atoms with Crippen LogP contribution in [0.1, 0.15) is 36.4 Å². The number of alkyl halides is 1. The summed E-state index contributed by atoms with van der Waals surface area (Å²) in [5.41, 5.74) is 0.725. The highest BCUT2D eigenvalue weighted by Gasteiger charge is 2.77. The number of carbonyl (C=O) groups is 4. The molecule has 2 N–H and O–H groups in total. The number of halogens is 2. The molecular formula is C41H43BrClN3O7. The normalized spacial score (nSPS) is 25.3. The van der Waals surface area contributed by atoms with E-state index < -0.39 is 72.0 Å². The van der Waals surface area contributed by atoms with Crippen LogP contribution in [-0.4, -0.2) is 82.1 Å². The minimum absolute atomic E-state index is 0.123. The molecule has 8 atom stereocenters. The summed E-state index contributed by atoms with van der Waals surface area (Å²) >= 11 is 9.95. The van der Waals surface area contributed by atoms with Gasteiger partial charge in [-0.3, -0.25) is 19.2 Å². The van der Waals surface area contributed by atoms with Gasteiger partial charge in [0.1, 0.15) is 18.2 Å². The zero-order valence-electron chi connectivity index (χ0n) is 29.2. The molecule has 0 saturated carbocycles. The van der Waals surface area contributed by atoms with Crippen molar-refractivity contribution in [1.82, 2.24) is 10.2 Å². The lowest BCUT2D eigenvalue weighted by atomic mass is 9.70. The van der Waals surface area contributed by atoms with Crippen molar-refractivity contribution in [3.05, 3.63) is 126 Å². The van der Waals surface area contributed by atoms with E-state index in [4.69, 9.17) is 21.1 Å². The number of aliphatic hydroxyl groups is 1. The van der Waals surface area contributed by atoms with E-state index in [9.17, 15) is 19.5 Å². The Bertz CT molecular complexity index is 1810. The number of fused-ring (bicyclic) bond motifs is 1. The number of hydrogen-bond acceptors (Lipinski definition) is 7. The van der Waals surface area contributed by atoms with Crippen LogP contribution in [0, 0.1) is 11.8 Å². The molecule has 10 nitrogen and oxygen atoms in total. The van der Waals surface area contributed by atoms with Crippen molar-refractivity contribution in [2.24, 2.45) is 11.8 Å². The van der Waals surface area contributed by atoms with Gasteiger partial charge in [-0.05, 0) is 54.7 Å². The second-order valence-corrected chi connectivity index (χ2v) is 15.2. The summed E-state index contributed by atoms with van der Waals surface area (Å²) in [7, 11) is 0. The summed E-state index contributed by atoms with van der Waals surface area (Å²) in [6.07, 6.45) is 3.65. The minimum Gasteiger partial charge on any atom is -0.463 e. The van der Waals surface area contributed by atoms with Gasteiger partial charge in [0, 0.05) is 28.5 Å². The average molecular weight is 805 g/mol. The number of carbonyl (C=O) groups excluding carboxylic acids is 4. The molecule has 12 heteroatoms. The number of likely N-dealkylation sites (tertiary alicyclic amines) is 1. The minimum atomic E-state index is -1.40. The van der Waals surface area contributed by atoms with Crippen LogP contribution in [0.4, 0.5) is 5.69 Å². The smallest absolute Gasteiger partial charge is 0.306 e. The van der Waals surface area contributed by atoms with E-state index in [0.717, 1.165) is 5.56 Å². The summed E-state index contributed by atoms with van der Waals surface area (Å²) < 4.78 is 12.4. The first-order valence-corrected chi connectivity index (χ1v) is 19.0. The third kappa shape index (κ3) is 7.71. The standard InChI is InChI=1S/C41H43BrClN3O7/c1-3-5-16-33(48)52-25-32(27-14-10-7-11-15-27)44-38(49)34-35-39(50)46(30(24-47)22-26-12-8-6-9-13-26)37(41(35)23-31(42)36(34)53-41)40(51)45(21-4-2)29-19-17-28(43)18-20-29/h3-4,6-15,17-20,30-32,34-37,47H,1-2,5,16,21-25H2,(H,44,49)/t30-,31?,32-,34-,35+,36-,37-,41+/m1/s1. The van der Waals surface area contributed by atoms with Crippen molar-refractivity contribution in [2.45, 2.75) is 60.3 Å². The van der Waals surface area contributed by atoms with Gasteiger partial charge in [-0.15, -0.1) is 13.2 Å². The molecule has 0 aromatic heterocycles. The molecule has 3 heterocycles. The van der Waals surface area contributed by atoms with Gasteiger partial charge in [0.05, 0.1) is 36.6 Å². The van der Waals surface area contributed by atoms with Gasteiger partial charge in [0.25, 0.3) is 5.91 Å². The van der Waals surface area contributed by atoms with Crippen molar-refractivity contribution in [3.8, 4) is 0 Å². The van der Waals surface area contributed by atoms with E-state index in [1.807, 2.05) is 60.7 Å². The molecule has 0 radical (unpaired) electrons. The third-order valence-electron chi connectivity index (χ3n) is 10.4. The van der Waals surface area contributed by atoms with Crippen LogP contribution in [-0.2, 0) is 35.1 Å². The maximum Gasteiger partial charge on any atom is 0.306 e. The molecule has 3 fully saturated rings. The summed E-state index contributed by atoms with van der Waals surface area (Å²) in [5, 5.41) is 14.4. The van der Waals surface area contributed by atoms with Crippen LogP contribution in [0.2, 0.25) is 5.02 Å². The molecule has 3 aliphatic heterocycles. The predicted octanol–water partition coefficient (Wildman–Crippen LogP) is 5.58. The quantitative estimate of drug-likeness (QED) is 0.110. The molecule has 278 valence electrons. The van der Waals surface area contributed by atoms with Gasteiger partial charge in [-0.2, -0.15) is 0 Å². The van der Waals surface area contributed by atoms with Gasteiger partial charge in [0.2, 0.25) is 11.8 Å². The molecule has 3 aromatic carbocycles. The number of anilines is 1. The Balaban J connectivity index is 1.38. The van der Waals surface area contributed by atoms with Crippen molar-refractivity contribution >= 4 is 56.9 Å². The summed E-state index contributed by atoms with van der Waals surface area (Å²) in [6, 6.07) is 22.7. The lowest BCUT2D eigenvalue weighted by Crippen LogP contribution is -2.59. The molecule has 53 heavy (non-hydrogen) atoms. The van der Waals surface area contributed by atoms with E-state index in [2.05, 4.69) is 34.4 Å². The second-order valence-electron chi connectivity index (χ2n) is 13.6. The SMILES string of the molecule is C=CCCC(=O)OC[C@@H](NC(=O)[C@H]1[C@@H]2O[C@@]3(CC2Br)[C@@H]1C(=O)N([C@@H](CO)Cc1ccccc1)[C@@H]3C(=O)N(CC=C)c1ccc(Cl)cc1)c1ccccc1. The molecule has 6 rings (SSSR count). The van der Waals surface area contributed by atoms with E-state index in [-0.39, 0.29) is 37.2 Å². The highest BCUT2D eigenvalue weighted by atomic mass is 79.9. The first-order chi connectivity index (χ1) is 25.6. The Morgan fingerprint density at radius 1 is 1.06 bits per heavy atom. The van der Waals surface area contributed by atoms with Gasteiger partial charge in [-0.25, -0.2) is 0 Å². The molecule has 3 aliphatic rings. The molecule has 3 amide bonds. The zero-order chi connectivity index (χ0) is 37.7. The van der Waals surface area contributed by atoms with Gasteiger partial charge in [-0.1, -0.05) is 100 Å². The van der Waals surface area contributed by atoms with Crippen LogP contribution in [0.15, 0.2) is 110 Å². The number of rotatable bonds is 16. The van der Waals surface area contributed by atoms with Gasteiger partial charge in [0.15, 0.2) is 0 Å². The highest BCUT2D eigenvalue weighted by molar-refractivity contribution is 9.09. The number of hydrogen-bond donors (Lipinski definition) is 2. The average Bonchev–Trinajstić information content (AvgIpc) is 3.77. The Kier molecular flexibility index (Phi) is 12.2. The molecule has 1 unspecified atom stereocenters. The summed E-state index contributed by atoms with van der Waals surface area (Å²) in [5.74, 6) is -3.80. The van der Waals surface area contributed by atoms with Crippen molar-refractivity contribution < 1.29 is 33.8 Å². The fourth-order valence-electron chi connectivity index (χ4n) is 8.04. The Hall–Kier alpha value is -4.29. The predicted molar refractivity (Wildman–Crippen MR) is 205 cm³/mol. The van der Waals surface area contributed by atoms with Crippen molar-refractivity contribution in [2.75, 3.05) is 24.7 Å². The lowest BCUT2D eigenvalue weighted by molar-refractivity contribution is -0.146. The van der Waals surface area contributed by atoms with E-state index in [0.29, 0.717) is 22.7 Å². The highest BCUT2D eigenvalue weighted by Crippen LogP contribution is 2.60. The maximum atomic E-state index is 15.1. The molecule has 1 spiro atoms. The molecule has 3 aromatic rings. The fraction of sp³-hybridized carbons (Fsp3) is 0.366. The molecule has 2 bridgehead atoms. The number of benzene rings is 3. The van der Waals surface area contributed by atoms with Crippen LogP contribution >= 0.6 is 27.5 Å². The van der Waals surface area contributed by atoms with Gasteiger partial charge >= 0.3 is 5.97 Å². The van der Waals surface area contributed by atoms with Crippen molar-refractivity contribution in [1.29, 1.82) is 0 Å². The Morgan fingerprint density at radius 2 is 1.74 bits per heavy atom. The first-order valence-electron chi connectivity index (χ1n) is 17.7. The van der Waals surface area contributed by atoms with Gasteiger partial charge < -0.3 is 29.7 Å². The van der Waals surface area contributed by atoms with Crippen LogP contribution in [0.5, 0.6) is 0 Å². The third-order valence-corrected chi connectivity index (χ3v) is 11.5. The number of nitrogens with zero attached hydrogens (tertiary/aromatic N) is 2. The maximum absolute atomic E-state index is 15.1. The number of ether oxygens (including phenoxy) is 2. The van der Waals surface area contributed by atoms with Crippen molar-refractivity contribution in [3.63, 3.8) is 0 Å². The topological polar surface area (TPSA) is 125 Å². The lowest BCUT2D eigenvalue weighted by Gasteiger charge is -2.39. The first kappa shape index (κ1) is 38.4. The second kappa shape index (κ2) is 16.8. The monoisotopic (exact) mass is 803 g/mol. The van der Waals surface area contributed by atoms with Crippen LogP contribution < -0.4 is 10.2 Å². The number of esters is 1. The molecular weight excluding hydrogens is 762 g/mol. The summed E-state index contributed by atoms with van der Waals surface area (Å²) in [6.45, 7) is 7.10. The fourth-order valence-corrected chi connectivity index (χ4v) is 9.11. The Morgan fingerprint density at radius 3 is 2.38 bits per heavy atom. The van der Waals surface area contributed by atoms with Crippen LogP contribution in [0.3, 0.4) is 0 Å². The number of amides is 3. The number of nitrogens with one attached hydrogen (secondary N) is 1. The Labute approximate surface area is 322 Å². The number of allylic oxidation sites excluding steroid dienone is 1. The van der Waals surface area contributed by atoms with E-state index in [1.54, 1.807) is 36.4 Å². The molecule has 3 saturated heterocycles. The van der Waals surface area contributed by atoms with E-state index >= 15 is 4.79 Å². The largest absolute Gasteiger partial charge is 0.463 e. The molecule has 0 aliphatic carbocycles. The summed E-state index contributed by atoms with van der Waals surface area (Å²) in [4.78, 5) is 59.7. The number of aliphatic hydroxyl groups excluding tert-OH is 1. The van der Waals surface area contributed by atoms with Crippen LogP contribution in [0.25, 0.3) is 0 Å².